The van der Waals surface area contributed by atoms with E-state index in [0.29, 0.717) is 24.2 Å². The number of nitrogens with two attached hydrogens (primary N) is 1. The second-order valence-electron chi connectivity index (χ2n) is 6.48. The first-order chi connectivity index (χ1) is 12.8. The Labute approximate surface area is 157 Å². The van der Waals surface area contributed by atoms with Gasteiger partial charge in [0, 0.05) is 30.1 Å². The number of anilines is 1. The molecule has 1 saturated heterocycles. The van der Waals surface area contributed by atoms with Crippen molar-refractivity contribution in [1.29, 1.82) is 5.41 Å². The minimum absolute atomic E-state index is 0.0476. The van der Waals surface area contributed by atoms with E-state index in [0.717, 1.165) is 6.42 Å². The second kappa shape index (κ2) is 8.98. The Hall–Kier alpha value is -3.16. The van der Waals surface area contributed by atoms with Gasteiger partial charge in [-0.2, -0.15) is 0 Å². The molecule has 0 spiro atoms. The average molecular weight is 372 g/mol. The highest BCUT2D eigenvalue weighted by Crippen LogP contribution is 2.26. The molecule has 1 unspecified atom stereocenters. The van der Waals surface area contributed by atoms with E-state index in [1.54, 1.807) is 29.2 Å². The molecule has 1 fully saturated rings. The summed E-state index contributed by atoms with van der Waals surface area (Å²) in [4.78, 5) is 37.7. The Morgan fingerprint density at radius 1 is 1.41 bits per heavy atom. The van der Waals surface area contributed by atoms with E-state index >= 15 is 0 Å². The van der Waals surface area contributed by atoms with E-state index in [9.17, 15) is 14.4 Å². The van der Waals surface area contributed by atoms with Gasteiger partial charge in [-0.25, -0.2) is 4.79 Å². The number of nitrogens with zero attached hydrogens (tertiary/aromatic N) is 1. The van der Waals surface area contributed by atoms with Crippen molar-refractivity contribution in [3.63, 3.8) is 0 Å². The predicted octanol–water partition coefficient (Wildman–Crippen LogP) is 1.25. The zero-order chi connectivity index (χ0) is 20.0. The van der Waals surface area contributed by atoms with Gasteiger partial charge >= 0.3 is 5.97 Å². The maximum absolute atomic E-state index is 12.8. The van der Waals surface area contributed by atoms with E-state index in [1.807, 2.05) is 0 Å². The summed E-state index contributed by atoms with van der Waals surface area (Å²) in [6, 6.07) is 5.76. The summed E-state index contributed by atoms with van der Waals surface area (Å²) < 4.78 is 0. The molecule has 0 aromatic heterocycles. The lowest BCUT2D eigenvalue weighted by Gasteiger charge is -2.32. The van der Waals surface area contributed by atoms with Crippen LogP contribution in [0, 0.1) is 11.3 Å². The number of benzene rings is 1. The van der Waals surface area contributed by atoms with Crippen LogP contribution in [-0.4, -0.2) is 41.3 Å². The van der Waals surface area contributed by atoms with Gasteiger partial charge in [-0.05, 0) is 43.5 Å². The van der Waals surface area contributed by atoms with Gasteiger partial charge in [0.2, 0.25) is 11.8 Å². The summed E-state index contributed by atoms with van der Waals surface area (Å²) in [6.07, 6.45) is 2.81. The molecule has 1 aromatic rings. The summed E-state index contributed by atoms with van der Waals surface area (Å²) >= 11 is 0. The molecule has 2 atom stereocenters. The third kappa shape index (κ3) is 5.16. The molecule has 0 saturated carbocycles. The van der Waals surface area contributed by atoms with Gasteiger partial charge in [0.15, 0.2) is 0 Å². The number of hydrogen-bond acceptors (Lipinski definition) is 4. The number of carboxylic acid groups (broad SMARTS) is 1. The van der Waals surface area contributed by atoms with Crippen LogP contribution in [0.25, 0.3) is 0 Å². The SMILES string of the molecule is C=CC[C@H](NC(=O)CC1CCCN(c2ccc(C(=N)N)cc2)C1=O)C(=O)O. The Morgan fingerprint density at radius 3 is 2.63 bits per heavy atom. The first kappa shape index (κ1) is 20.2. The molecule has 1 aliphatic heterocycles. The molecule has 0 aliphatic carbocycles. The van der Waals surface area contributed by atoms with Gasteiger partial charge in [-0.1, -0.05) is 6.08 Å². The van der Waals surface area contributed by atoms with Crippen molar-refractivity contribution < 1.29 is 19.5 Å². The van der Waals surface area contributed by atoms with Crippen molar-refractivity contribution in [3.8, 4) is 0 Å². The molecule has 1 aromatic carbocycles. The molecule has 1 aliphatic rings. The van der Waals surface area contributed by atoms with Crippen LogP contribution < -0.4 is 16.0 Å². The number of carbonyl (C=O) groups is 3. The number of amides is 2. The fourth-order valence-electron chi connectivity index (χ4n) is 3.08. The number of aliphatic carboxylic acids is 1. The Balaban J connectivity index is 2.03. The predicted molar refractivity (Wildman–Crippen MR) is 102 cm³/mol. The van der Waals surface area contributed by atoms with Gasteiger partial charge in [0.1, 0.15) is 11.9 Å². The number of nitrogens with one attached hydrogen (secondary N) is 2. The van der Waals surface area contributed by atoms with Crippen LogP contribution in [0.1, 0.15) is 31.2 Å². The Bertz CT molecular complexity index is 745. The molecule has 2 rings (SSSR count). The fraction of sp³-hybridized carbons (Fsp3) is 0.368. The van der Waals surface area contributed by atoms with Crippen LogP contribution in [0.3, 0.4) is 0 Å². The fourth-order valence-corrected chi connectivity index (χ4v) is 3.08. The summed E-state index contributed by atoms with van der Waals surface area (Å²) in [5.41, 5.74) is 6.70. The van der Waals surface area contributed by atoms with Crippen LogP contribution in [0.5, 0.6) is 0 Å². The van der Waals surface area contributed by atoms with Crippen LogP contribution in [0.15, 0.2) is 36.9 Å². The number of piperidine rings is 1. The van der Waals surface area contributed by atoms with Crippen molar-refractivity contribution in [2.45, 2.75) is 31.7 Å². The van der Waals surface area contributed by atoms with Crippen molar-refractivity contribution in [1.82, 2.24) is 5.32 Å². The number of amidine groups is 1. The molecule has 8 nitrogen and oxygen atoms in total. The topological polar surface area (TPSA) is 137 Å². The highest BCUT2D eigenvalue weighted by molar-refractivity contribution is 5.99. The smallest absolute Gasteiger partial charge is 0.326 e. The summed E-state index contributed by atoms with van der Waals surface area (Å²) in [7, 11) is 0. The van der Waals surface area contributed by atoms with Gasteiger partial charge in [-0.3, -0.25) is 15.0 Å². The second-order valence-corrected chi connectivity index (χ2v) is 6.48. The van der Waals surface area contributed by atoms with Crippen molar-refractivity contribution in [3.05, 3.63) is 42.5 Å². The van der Waals surface area contributed by atoms with Crippen LogP contribution in [-0.2, 0) is 14.4 Å². The molecule has 8 heteroatoms. The molecule has 5 N–H and O–H groups in total. The monoisotopic (exact) mass is 372 g/mol. The van der Waals surface area contributed by atoms with Crippen LogP contribution >= 0.6 is 0 Å². The summed E-state index contributed by atoms with van der Waals surface area (Å²) in [5, 5.41) is 19.0. The van der Waals surface area contributed by atoms with Gasteiger partial charge in [0.05, 0.1) is 0 Å². The molecular formula is C19H24N4O4. The van der Waals surface area contributed by atoms with Gasteiger partial charge in [-0.15, -0.1) is 6.58 Å². The van der Waals surface area contributed by atoms with E-state index < -0.39 is 23.8 Å². The number of carbonyl (C=O) groups excluding carboxylic acids is 2. The number of rotatable bonds is 8. The normalized spacial score (nSPS) is 17.9. The highest BCUT2D eigenvalue weighted by atomic mass is 16.4. The lowest BCUT2D eigenvalue weighted by Crippen LogP contribution is -2.45. The minimum Gasteiger partial charge on any atom is -0.480 e. The maximum Gasteiger partial charge on any atom is 0.326 e. The van der Waals surface area contributed by atoms with Crippen LogP contribution in [0.4, 0.5) is 5.69 Å². The molecule has 1 heterocycles. The van der Waals surface area contributed by atoms with Crippen LogP contribution in [0.2, 0.25) is 0 Å². The zero-order valence-electron chi connectivity index (χ0n) is 15.0. The number of nitrogen functional groups attached to an aromatic ring is 1. The number of carboxylic acids is 1. The van der Waals surface area contributed by atoms with Crippen molar-refractivity contribution in [2.24, 2.45) is 11.7 Å². The maximum atomic E-state index is 12.8. The first-order valence-corrected chi connectivity index (χ1v) is 8.72. The highest BCUT2D eigenvalue weighted by Gasteiger charge is 2.32. The molecule has 0 radical (unpaired) electrons. The lowest BCUT2D eigenvalue weighted by molar-refractivity contribution is -0.142. The van der Waals surface area contributed by atoms with E-state index in [-0.39, 0.29) is 24.6 Å². The average Bonchev–Trinajstić information content (AvgIpc) is 2.63. The Kier molecular flexibility index (Phi) is 6.70. The third-order valence-corrected chi connectivity index (χ3v) is 4.51. The molecule has 0 bridgehead atoms. The molecule has 2 amide bonds. The van der Waals surface area contributed by atoms with Crippen molar-refractivity contribution in [2.75, 3.05) is 11.4 Å². The molecule has 144 valence electrons. The quantitative estimate of drug-likeness (QED) is 0.309. The standard InChI is InChI=1S/C19H24N4O4/c1-2-4-15(19(26)27)22-16(24)11-13-5-3-10-23(18(13)25)14-8-6-12(7-9-14)17(20)21/h2,6-9,13,15H,1,3-5,10-11H2,(H3,20,21)(H,22,24)(H,26,27)/t13?,15-/m0/s1. The Morgan fingerprint density at radius 2 is 2.07 bits per heavy atom. The van der Waals surface area contributed by atoms with E-state index in [4.69, 9.17) is 16.2 Å². The number of hydrogen-bond donors (Lipinski definition) is 4. The van der Waals surface area contributed by atoms with E-state index in [1.165, 1.54) is 6.08 Å². The first-order valence-electron chi connectivity index (χ1n) is 8.72. The minimum atomic E-state index is -1.13. The lowest BCUT2D eigenvalue weighted by atomic mass is 9.92. The zero-order valence-corrected chi connectivity index (χ0v) is 15.0. The van der Waals surface area contributed by atoms with E-state index in [2.05, 4.69) is 11.9 Å². The largest absolute Gasteiger partial charge is 0.480 e. The van der Waals surface area contributed by atoms with Gasteiger partial charge < -0.3 is 21.1 Å². The van der Waals surface area contributed by atoms with Gasteiger partial charge in [0.25, 0.3) is 0 Å². The third-order valence-electron chi connectivity index (χ3n) is 4.51. The van der Waals surface area contributed by atoms with Crippen molar-refractivity contribution >= 4 is 29.3 Å². The molecule has 27 heavy (non-hydrogen) atoms. The summed E-state index contributed by atoms with van der Waals surface area (Å²) in [5.74, 6) is -2.30. The summed E-state index contributed by atoms with van der Waals surface area (Å²) in [6.45, 7) is 4.03. The molecular weight excluding hydrogens is 348 g/mol.